The van der Waals surface area contributed by atoms with Gasteiger partial charge < -0.3 is 5.11 Å². The summed E-state index contributed by atoms with van der Waals surface area (Å²) in [6.45, 7) is 3.32. The Kier molecular flexibility index (Phi) is 3.09. The van der Waals surface area contributed by atoms with Gasteiger partial charge >= 0.3 is 0 Å². The average Bonchev–Trinajstić information content (AvgIpc) is 1.96. The van der Waals surface area contributed by atoms with Crippen LogP contribution in [0.15, 0.2) is 22.7 Å². The molecule has 0 bridgehead atoms. The molecule has 1 rings (SSSR count). The third-order valence-electron chi connectivity index (χ3n) is 1.65. The molecule has 0 atom stereocenters. The number of halogens is 2. The topological polar surface area (TPSA) is 20.2 Å². The number of hydrogen-bond acceptors (Lipinski definition) is 1. The summed E-state index contributed by atoms with van der Waals surface area (Å²) in [6.07, 6.45) is 0.318. The molecule has 0 aromatic heterocycles. The van der Waals surface area contributed by atoms with Crippen molar-refractivity contribution in [3.05, 3.63) is 34.1 Å². The van der Waals surface area contributed by atoms with Gasteiger partial charge in [-0.05, 0) is 41.4 Å². The summed E-state index contributed by atoms with van der Waals surface area (Å²) in [6, 6.07) is 5.08. The Morgan fingerprint density at radius 2 is 2.08 bits per heavy atom. The maximum absolute atomic E-state index is 13.4. The van der Waals surface area contributed by atoms with Crippen molar-refractivity contribution >= 4 is 15.9 Å². The first-order chi connectivity index (χ1) is 5.90. The van der Waals surface area contributed by atoms with Crippen molar-refractivity contribution in [3.63, 3.8) is 0 Å². The van der Waals surface area contributed by atoms with Crippen LogP contribution in [0.4, 0.5) is 4.39 Å². The van der Waals surface area contributed by atoms with Crippen LogP contribution in [0.2, 0.25) is 0 Å². The zero-order valence-corrected chi connectivity index (χ0v) is 9.23. The highest BCUT2D eigenvalue weighted by Gasteiger charge is 2.16. The number of benzene rings is 1. The summed E-state index contributed by atoms with van der Waals surface area (Å²) in [5, 5.41) is 9.50. The Morgan fingerprint density at radius 1 is 1.46 bits per heavy atom. The lowest BCUT2D eigenvalue weighted by atomic mass is 9.98. The van der Waals surface area contributed by atoms with Crippen LogP contribution in [0.3, 0.4) is 0 Å². The van der Waals surface area contributed by atoms with Crippen molar-refractivity contribution in [3.8, 4) is 0 Å². The van der Waals surface area contributed by atoms with Crippen molar-refractivity contribution in [2.24, 2.45) is 0 Å². The van der Waals surface area contributed by atoms with Gasteiger partial charge in [-0.25, -0.2) is 4.39 Å². The van der Waals surface area contributed by atoms with Gasteiger partial charge in [0.05, 0.1) is 10.1 Å². The van der Waals surface area contributed by atoms with Crippen molar-refractivity contribution in [1.29, 1.82) is 0 Å². The van der Waals surface area contributed by atoms with E-state index in [0.29, 0.717) is 16.5 Å². The van der Waals surface area contributed by atoms with E-state index >= 15 is 0 Å². The molecule has 13 heavy (non-hydrogen) atoms. The molecule has 72 valence electrons. The summed E-state index contributed by atoms with van der Waals surface area (Å²) in [5.41, 5.74) is -0.344. The molecule has 1 aromatic rings. The highest BCUT2D eigenvalue weighted by Crippen LogP contribution is 2.21. The molecular formula is C10H12BrFO. The normalized spacial score (nSPS) is 11.8. The quantitative estimate of drug-likeness (QED) is 0.851. The van der Waals surface area contributed by atoms with Crippen LogP contribution >= 0.6 is 15.9 Å². The second-order valence-corrected chi connectivity index (χ2v) is 4.56. The number of hydrogen-bond donors (Lipinski definition) is 1. The Balaban J connectivity index is 2.96. The zero-order valence-electron chi connectivity index (χ0n) is 7.64. The number of rotatable bonds is 2. The van der Waals surface area contributed by atoms with Gasteiger partial charge in [-0.1, -0.05) is 12.1 Å². The minimum Gasteiger partial charge on any atom is -0.390 e. The van der Waals surface area contributed by atoms with Gasteiger partial charge in [-0.2, -0.15) is 0 Å². The average molecular weight is 247 g/mol. The highest BCUT2D eigenvalue weighted by molar-refractivity contribution is 9.10. The standard InChI is InChI=1S/C10H12BrFO/c1-10(2,13)6-7-4-3-5-8(11)9(7)12/h3-5,13H,6H2,1-2H3. The van der Waals surface area contributed by atoms with Crippen LogP contribution in [0, 0.1) is 5.82 Å². The lowest BCUT2D eigenvalue weighted by molar-refractivity contribution is 0.0800. The van der Waals surface area contributed by atoms with Crippen LogP contribution in [0.25, 0.3) is 0 Å². The van der Waals surface area contributed by atoms with Crippen LogP contribution in [0.5, 0.6) is 0 Å². The Labute approximate surface area is 85.7 Å². The summed E-state index contributed by atoms with van der Waals surface area (Å²) >= 11 is 3.10. The Hall–Kier alpha value is -0.410. The second-order valence-electron chi connectivity index (χ2n) is 3.70. The van der Waals surface area contributed by atoms with Gasteiger partial charge in [-0.3, -0.25) is 0 Å². The molecule has 0 unspecified atom stereocenters. The molecule has 0 spiro atoms. The molecule has 0 saturated carbocycles. The van der Waals surface area contributed by atoms with E-state index in [1.807, 2.05) is 0 Å². The van der Waals surface area contributed by atoms with Crippen molar-refractivity contribution in [2.45, 2.75) is 25.9 Å². The van der Waals surface area contributed by atoms with Crippen LogP contribution in [-0.2, 0) is 6.42 Å². The first-order valence-corrected chi connectivity index (χ1v) is 4.85. The molecule has 1 nitrogen and oxygen atoms in total. The first kappa shape index (κ1) is 10.7. The lowest BCUT2D eigenvalue weighted by Gasteiger charge is -2.17. The molecule has 0 aliphatic rings. The summed E-state index contributed by atoms with van der Waals surface area (Å²) in [7, 11) is 0. The molecule has 3 heteroatoms. The molecule has 1 aromatic carbocycles. The summed E-state index contributed by atoms with van der Waals surface area (Å²) < 4.78 is 13.8. The van der Waals surface area contributed by atoms with Gasteiger partial charge in [-0.15, -0.1) is 0 Å². The van der Waals surface area contributed by atoms with E-state index in [0.717, 1.165) is 0 Å². The SMILES string of the molecule is CC(C)(O)Cc1cccc(Br)c1F. The van der Waals surface area contributed by atoms with E-state index in [4.69, 9.17) is 0 Å². The van der Waals surface area contributed by atoms with Crippen LogP contribution in [0.1, 0.15) is 19.4 Å². The maximum atomic E-state index is 13.4. The van der Waals surface area contributed by atoms with Crippen molar-refractivity contribution in [2.75, 3.05) is 0 Å². The number of aliphatic hydroxyl groups is 1. The third kappa shape index (κ3) is 3.08. The molecule has 0 heterocycles. The van der Waals surface area contributed by atoms with Gasteiger partial charge in [0.1, 0.15) is 5.82 Å². The van der Waals surface area contributed by atoms with E-state index in [2.05, 4.69) is 15.9 Å². The van der Waals surface area contributed by atoms with Crippen LogP contribution < -0.4 is 0 Å². The van der Waals surface area contributed by atoms with Gasteiger partial charge in [0.15, 0.2) is 0 Å². The van der Waals surface area contributed by atoms with E-state index < -0.39 is 5.60 Å². The van der Waals surface area contributed by atoms with E-state index in [1.54, 1.807) is 32.0 Å². The monoisotopic (exact) mass is 246 g/mol. The fourth-order valence-corrected chi connectivity index (χ4v) is 1.56. The highest BCUT2D eigenvalue weighted by atomic mass is 79.9. The molecule has 0 fully saturated rings. The Morgan fingerprint density at radius 3 is 2.62 bits per heavy atom. The van der Waals surface area contributed by atoms with E-state index in [-0.39, 0.29) is 5.82 Å². The molecular weight excluding hydrogens is 235 g/mol. The van der Waals surface area contributed by atoms with Gasteiger partial charge in [0.25, 0.3) is 0 Å². The van der Waals surface area contributed by atoms with E-state index in [1.165, 1.54) is 0 Å². The van der Waals surface area contributed by atoms with Gasteiger partial charge in [0, 0.05) is 6.42 Å². The fourth-order valence-electron chi connectivity index (χ4n) is 1.15. The lowest BCUT2D eigenvalue weighted by Crippen LogP contribution is -2.22. The predicted molar refractivity (Wildman–Crippen MR) is 54.1 cm³/mol. The maximum Gasteiger partial charge on any atom is 0.140 e. The molecule has 0 radical (unpaired) electrons. The minimum atomic E-state index is -0.873. The first-order valence-electron chi connectivity index (χ1n) is 4.05. The summed E-state index contributed by atoms with van der Waals surface area (Å²) in [4.78, 5) is 0. The zero-order chi connectivity index (χ0) is 10.1. The molecule has 0 amide bonds. The van der Waals surface area contributed by atoms with Crippen molar-refractivity contribution in [1.82, 2.24) is 0 Å². The molecule has 1 N–H and O–H groups in total. The third-order valence-corrected chi connectivity index (χ3v) is 2.27. The summed E-state index contributed by atoms with van der Waals surface area (Å²) in [5.74, 6) is -0.287. The second kappa shape index (κ2) is 3.76. The largest absolute Gasteiger partial charge is 0.390 e. The van der Waals surface area contributed by atoms with E-state index in [9.17, 15) is 9.50 Å². The molecule has 0 aliphatic heterocycles. The van der Waals surface area contributed by atoms with Gasteiger partial charge in [0.2, 0.25) is 0 Å². The smallest absolute Gasteiger partial charge is 0.140 e. The fraction of sp³-hybridized carbons (Fsp3) is 0.400. The predicted octanol–water partition coefficient (Wildman–Crippen LogP) is 2.90. The molecule has 0 aliphatic carbocycles. The van der Waals surface area contributed by atoms with Crippen LogP contribution in [-0.4, -0.2) is 10.7 Å². The molecule has 0 saturated heterocycles. The van der Waals surface area contributed by atoms with Crippen molar-refractivity contribution < 1.29 is 9.50 Å². The minimum absolute atomic E-state index is 0.287. The Bertz CT molecular complexity index is 304.